The Labute approximate surface area is 112 Å². The lowest BCUT2D eigenvalue weighted by molar-refractivity contribution is -0.118. The molecule has 1 atom stereocenters. The van der Waals surface area contributed by atoms with Gasteiger partial charge in [-0.2, -0.15) is 11.8 Å². The van der Waals surface area contributed by atoms with Gasteiger partial charge in [-0.05, 0) is 30.1 Å². The Balaban J connectivity index is 2.67. The van der Waals surface area contributed by atoms with Crippen molar-refractivity contribution in [1.29, 1.82) is 0 Å². The molecule has 0 saturated heterocycles. The van der Waals surface area contributed by atoms with E-state index >= 15 is 0 Å². The summed E-state index contributed by atoms with van der Waals surface area (Å²) in [6, 6.07) is 7.14. The Kier molecular flexibility index (Phi) is 6.43. The van der Waals surface area contributed by atoms with E-state index in [1.807, 2.05) is 24.3 Å². The first-order valence-corrected chi connectivity index (χ1v) is 7.11. The van der Waals surface area contributed by atoms with E-state index in [9.17, 15) is 4.79 Å². The minimum absolute atomic E-state index is 0.336. The summed E-state index contributed by atoms with van der Waals surface area (Å²) in [4.78, 5) is 11.4. The van der Waals surface area contributed by atoms with E-state index in [1.54, 1.807) is 18.9 Å². The fraction of sp³-hybridized carbons (Fsp3) is 0.462. The van der Waals surface area contributed by atoms with E-state index in [0.29, 0.717) is 12.2 Å². The number of benzene rings is 1. The number of carbonyl (C=O) groups is 1. The van der Waals surface area contributed by atoms with Crippen molar-refractivity contribution in [1.82, 2.24) is 0 Å². The molecule has 0 fully saturated rings. The molecule has 1 aromatic carbocycles. The van der Waals surface area contributed by atoms with Crippen molar-refractivity contribution >= 4 is 23.4 Å². The van der Waals surface area contributed by atoms with Crippen molar-refractivity contribution in [2.75, 3.05) is 23.9 Å². The van der Waals surface area contributed by atoms with Gasteiger partial charge in [0.15, 0.2) is 0 Å². The molecule has 0 saturated carbocycles. The van der Waals surface area contributed by atoms with Crippen molar-refractivity contribution in [2.45, 2.75) is 19.4 Å². The van der Waals surface area contributed by atoms with Crippen molar-refractivity contribution in [3.8, 4) is 5.75 Å². The van der Waals surface area contributed by atoms with Gasteiger partial charge in [0, 0.05) is 0 Å². The number of hydrogen-bond acceptors (Lipinski definition) is 4. The number of para-hydroxylation sites is 2. The summed E-state index contributed by atoms with van der Waals surface area (Å²) >= 11 is 1.80. The highest BCUT2D eigenvalue weighted by molar-refractivity contribution is 7.99. The number of ether oxygens (including phenoxy) is 1. The van der Waals surface area contributed by atoms with Crippen LogP contribution in [-0.4, -0.2) is 30.6 Å². The van der Waals surface area contributed by atoms with Crippen LogP contribution in [0.3, 0.4) is 0 Å². The summed E-state index contributed by atoms with van der Waals surface area (Å²) in [7, 11) is 1.60. The molecule has 5 heteroatoms. The highest BCUT2D eigenvalue weighted by atomic mass is 32.2. The summed E-state index contributed by atoms with van der Waals surface area (Å²) in [5.74, 6) is 2.33. The second-order valence-corrected chi connectivity index (χ2v) is 5.18. The topological polar surface area (TPSA) is 64.3 Å². The molecule has 0 spiro atoms. The molecule has 100 valence electrons. The molecule has 1 aromatic rings. The lowest BCUT2D eigenvalue weighted by Gasteiger charge is -2.18. The van der Waals surface area contributed by atoms with Gasteiger partial charge in [0.05, 0.1) is 12.8 Å². The van der Waals surface area contributed by atoms with Gasteiger partial charge in [0.2, 0.25) is 5.91 Å². The summed E-state index contributed by atoms with van der Waals surface area (Å²) in [5, 5.41) is 3.14. The largest absolute Gasteiger partial charge is 0.495 e. The summed E-state index contributed by atoms with van der Waals surface area (Å²) in [5.41, 5.74) is 6.20. The highest BCUT2D eigenvalue weighted by Crippen LogP contribution is 2.24. The first-order valence-electron chi connectivity index (χ1n) is 5.95. The molecule has 0 radical (unpaired) electrons. The van der Waals surface area contributed by atoms with Gasteiger partial charge in [0.25, 0.3) is 0 Å². The van der Waals surface area contributed by atoms with Crippen LogP contribution in [-0.2, 0) is 4.79 Å². The van der Waals surface area contributed by atoms with E-state index in [1.165, 1.54) is 0 Å². The molecule has 4 nitrogen and oxygen atoms in total. The molecule has 1 amide bonds. The van der Waals surface area contributed by atoms with E-state index in [-0.39, 0.29) is 11.9 Å². The standard InChI is InChI=1S/C13H20N2O2S/c1-3-18-9-8-11(13(14)16)15-10-6-4-5-7-12(10)17-2/h4-7,11,15H,3,8-9H2,1-2H3,(H2,14,16). The number of rotatable bonds is 8. The minimum atomic E-state index is -0.361. The monoisotopic (exact) mass is 268 g/mol. The van der Waals surface area contributed by atoms with Crippen molar-refractivity contribution in [2.24, 2.45) is 5.73 Å². The van der Waals surface area contributed by atoms with Crippen LogP contribution in [0.25, 0.3) is 0 Å². The fourth-order valence-corrected chi connectivity index (χ4v) is 2.27. The van der Waals surface area contributed by atoms with Crippen LogP contribution in [0.5, 0.6) is 5.75 Å². The zero-order valence-corrected chi connectivity index (χ0v) is 11.6. The van der Waals surface area contributed by atoms with Crippen LogP contribution in [0.1, 0.15) is 13.3 Å². The van der Waals surface area contributed by atoms with Crippen LogP contribution in [0.2, 0.25) is 0 Å². The third-order valence-electron chi connectivity index (χ3n) is 2.54. The van der Waals surface area contributed by atoms with Gasteiger partial charge in [-0.25, -0.2) is 0 Å². The van der Waals surface area contributed by atoms with Crippen LogP contribution in [0, 0.1) is 0 Å². The molecular weight excluding hydrogens is 248 g/mol. The van der Waals surface area contributed by atoms with Crippen LogP contribution in [0.15, 0.2) is 24.3 Å². The van der Waals surface area contributed by atoms with Crippen LogP contribution >= 0.6 is 11.8 Å². The quantitative estimate of drug-likeness (QED) is 0.709. The molecular formula is C13H20N2O2S. The van der Waals surface area contributed by atoms with Gasteiger partial charge in [0.1, 0.15) is 11.8 Å². The van der Waals surface area contributed by atoms with Crippen molar-refractivity contribution < 1.29 is 9.53 Å². The summed E-state index contributed by atoms with van der Waals surface area (Å²) in [6.07, 6.45) is 0.714. The molecule has 3 N–H and O–H groups in total. The predicted octanol–water partition coefficient (Wildman–Crippen LogP) is 2.10. The van der Waals surface area contributed by atoms with Gasteiger partial charge in [-0.3, -0.25) is 4.79 Å². The minimum Gasteiger partial charge on any atom is -0.495 e. The second-order valence-electron chi connectivity index (χ2n) is 3.79. The van der Waals surface area contributed by atoms with Crippen molar-refractivity contribution in [3.63, 3.8) is 0 Å². The molecule has 0 bridgehead atoms. The zero-order chi connectivity index (χ0) is 13.4. The number of thioether (sulfide) groups is 1. The summed E-state index contributed by atoms with van der Waals surface area (Å²) in [6.45, 7) is 2.09. The fourth-order valence-electron chi connectivity index (χ4n) is 1.58. The predicted molar refractivity (Wildman–Crippen MR) is 77.2 cm³/mol. The number of anilines is 1. The Hall–Kier alpha value is -1.36. The molecule has 18 heavy (non-hydrogen) atoms. The van der Waals surface area contributed by atoms with E-state index in [2.05, 4.69) is 12.2 Å². The average Bonchev–Trinajstić information content (AvgIpc) is 2.38. The van der Waals surface area contributed by atoms with E-state index in [4.69, 9.17) is 10.5 Å². The smallest absolute Gasteiger partial charge is 0.239 e. The molecule has 1 rings (SSSR count). The Morgan fingerprint density at radius 2 is 2.22 bits per heavy atom. The summed E-state index contributed by atoms with van der Waals surface area (Å²) < 4.78 is 5.23. The number of nitrogens with two attached hydrogens (primary N) is 1. The maximum absolute atomic E-state index is 11.4. The number of nitrogens with one attached hydrogen (secondary N) is 1. The number of carbonyl (C=O) groups excluding carboxylic acids is 1. The van der Waals surface area contributed by atoms with Gasteiger partial charge >= 0.3 is 0 Å². The molecule has 0 aromatic heterocycles. The van der Waals surface area contributed by atoms with Gasteiger partial charge < -0.3 is 15.8 Å². The highest BCUT2D eigenvalue weighted by Gasteiger charge is 2.16. The number of hydrogen-bond donors (Lipinski definition) is 2. The van der Waals surface area contributed by atoms with E-state index in [0.717, 1.165) is 17.2 Å². The molecule has 0 aliphatic carbocycles. The molecule has 0 heterocycles. The van der Waals surface area contributed by atoms with Crippen LogP contribution < -0.4 is 15.8 Å². The van der Waals surface area contributed by atoms with Crippen LogP contribution in [0.4, 0.5) is 5.69 Å². The Morgan fingerprint density at radius 1 is 1.50 bits per heavy atom. The van der Waals surface area contributed by atoms with Gasteiger partial charge in [-0.1, -0.05) is 19.1 Å². The zero-order valence-electron chi connectivity index (χ0n) is 10.8. The number of amides is 1. The first-order chi connectivity index (χ1) is 8.69. The normalized spacial score (nSPS) is 11.9. The lowest BCUT2D eigenvalue weighted by Crippen LogP contribution is -2.36. The molecule has 0 aliphatic rings. The Bertz CT molecular complexity index is 385. The maximum atomic E-state index is 11.4. The second kappa shape index (κ2) is 7.87. The SMILES string of the molecule is CCSCCC(Nc1ccccc1OC)C(N)=O. The first kappa shape index (κ1) is 14.7. The average molecular weight is 268 g/mol. The number of primary amides is 1. The molecule has 1 unspecified atom stereocenters. The maximum Gasteiger partial charge on any atom is 0.239 e. The Morgan fingerprint density at radius 3 is 2.83 bits per heavy atom. The van der Waals surface area contributed by atoms with E-state index < -0.39 is 0 Å². The third kappa shape index (κ3) is 4.49. The number of methoxy groups -OCH3 is 1. The molecule has 0 aliphatic heterocycles. The lowest BCUT2D eigenvalue weighted by atomic mass is 10.2. The third-order valence-corrected chi connectivity index (χ3v) is 3.47. The van der Waals surface area contributed by atoms with Gasteiger partial charge in [-0.15, -0.1) is 0 Å². The van der Waals surface area contributed by atoms with Crippen molar-refractivity contribution in [3.05, 3.63) is 24.3 Å².